The molecule has 0 saturated heterocycles. The number of hydrogen-bond donors (Lipinski definition) is 2. The Morgan fingerprint density at radius 3 is 1.60 bits per heavy atom. The van der Waals surface area contributed by atoms with Crippen LogP contribution in [0.5, 0.6) is 0 Å². The Hall–Kier alpha value is -2.94. The van der Waals surface area contributed by atoms with Gasteiger partial charge in [-0.15, -0.1) is 0 Å². The zero-order valence-corrected chi connectivity index (χ0v) is 28.0. The third kappa shape index (κ3) is 11.0. The van der Waals surface area contributed by atoms with Crippen molar-refractivity contribution in [1.29, 1.82) is 0 Å². The second-order valence-electron chi connectivity index (χ2n) is 13.5. The van der Waals surface area contributed by atoms with Gasteiger partial charge in [-0.2, -0.15) is 0 Å². The molecule has 0 heterocycles. The maximum Gasteiger partial charge on any atom is 0.101 e. The first-order valence-corrected chi connectivity index (χ1v) is 15.5. The molecule has 2 unspecified atom stereocenters. The summed E-state index contributed by atoms with van der Waals surface area (Å²) in [6.45, 7) is 21.6. The highest BCUT2D eigenvalue weighted by atomic mass is 16.3. The lowest BCUT2D eigenvalue weighted by molar-refractivity contribution is 0.00686. The van der Waals surface area contributed by atoms with Gasteiger partial charge in [0.2, 0.25) is 0 Å². The Bertz CT molecular complexity index is 1290. The molecule has 0 aliphatic heterocycles. The van der Waals surface area contributed by atoms with Crippen LogP contribution in [-0.4, -0.2) is 22.4 Å². The Kier molecular flexibility index (Phi) is 13.5. The van der Waals surface area contributed by atoms with Crippen molar-refractivity contribution in [3.8, 4) is 0 Å². The number of aliphatic hydroxyl groups excluding tert-OH is 2. The molecule has 0 aromatic heterocycles. The van der Waals surface area contributed by atoms with Crippen molar-refractivity contribution in [2.75, 3.05) is 0 Å². The van der Waals surface area contributed by atoms with Crippen LogP contribution in [0.25, 0.3) is 0 Å². The van der Waals surface area contributed by atoms with Crippen molar-refractivity contribution in [3.05, 3.63) is 130 Å². The summed E-state index contributed by atoms with van der Waals surface area (Å²) < 4.78 is 0. The maximum absolute atomic E-state index is 10.3. The van der Waals surface area contributed by atoms with Gasteiger partial charge >= 0.3 is 0 Å². The highest BCUT2D eigenvalue weighted by Crippen LogP contribution is 2.42. The maximum atomic E-state index is 10.3. The molecule has 0 aromatic carbocycles. The summed E-state index contributed by atoms with van der Waals surface area (Å²) in [5.74, 6) is 0. The van der Waals surface area contributed by atoms with E-state index >= 15 is 0 Å². The number of allylic oxidation sites excluding steroid dienone is 21. The SMILES string of the molecule is CC(C=CC=C(C)C=CC1=C(C)CCCC1(C)C)=CC=CC=C(C)C=CC=C(C)C=CC1=C(C)C(O)C(O)CC1(C)C. The fraction of sp³-hybridized carbons (Fsp3) is 0.450. The minimum Gasteiger partial charge on any atom is -0.390 e. The molecule has 0 fully saturated rings. The van der Waals surface area contributed by atoms with Crippen molar-refractivity contribution in [1.82, 2.24) is 0 Å². The molecule has 228 valence electrons. The van der Waals surface area contributed by atoms with E-state index < -0.39 is 12.2 Å². The molecule has 2 aliphatic rings. The highest BCUT2D eigenvalue weighted by Gasteiger charge is 2.36. The van der Waals surface area contributed by atoms with E-state index in [0.29, 0.717) is 6.42 Å². The van der Waals surface area contributed by atoms with Gasteiger partial charge in [-0.1, -0.05) is 141 Å². The third-order valence-electron chi connectivity index (χ3n) is 8.52. The van der Waals surface area contributed by atoms with E-state index in [4.69, 9.17) is 0 Å². The van der Waals surface area contributed by atoms with Crippen LogP contribution < -0.4 is 0 Å². The van der Waals surface area contributed by atoms with Crippen molar-refractivity contribution >= 4 is 0 Å². The molecule has 2 heteroatoms. The Balaban J connectivity index is 1.92. The van der Waals surface area contributed by atoms with Gasteiger partial charge in [0.15, 0.2) is 0 Å². The molecule has 0 radical (unpaired) electrons. The summed E-state index contributed by atoms with van der Waals surface area (Å²) in [4.78, 5) is 0. The third-order valence-corrected chi connectivity index (χ3v) is 8.52. The number of aliphatic hydroxyl groups is 2. The summed E-state index contributed by atoms with van der Waals surface area (Å²) >= 11 is 0. The lowest BCUT2D eigenvalue weighted by atomic mass is 9.70. The normalized spacial score (nSPS) is 25.0. The van der Waals surface area contributed by atoms with Crippen LogP contribution in [0.3, 0.4) is 0 Å². The molecule has 2 atom stereocenters. The van der Waals surface area contributed by atoms with Crippen LogP contribution >= 0.6 is 0 Å². The molecule has 0 bridgehead atoms. The highest BCUT2D eigenvalue weighted by molar-refractivity contribution is 5.40. The predicted octanol–water partition coefficient (Wildman–Crippen LogP) is 10.5. The van der Waals surface area contributed by atoms with Gasteiger partial charge in [-0.05, 0) is 94.8 Å². The lowest BCUT2D eigenvalue weighted by Gasteiger charge is -2.38. The summed E-state index contributed by atoms with van der Waals surface area (Å²) in [5, 5.41) is 20.4. The summed E-state index contributed by atoms with van der Waals surface area (Å²) in [6, 6.07) is 0. The van der Waals surface area contributed by atoms with E-state index in [9.17, 15) is 10.2 Å². The van der Waals surface area contributed by atoms with Crippen molar-refractivity contribution in [2.45, 2.75) is 107 Å². The van der Waals surface area contributed by atoms with E-state index in [1.54, 1.807) is 0 Å². The molecular formula is C40H56O2. The Morgan fingerprint density at radius 2 is 1.10 bits per heavy atom. The molecule has 0 saturated carbocycles. The van der Waals surface area contributed by atoms with E-state index in [2.05, 4.69) is 147 Å². The minimum atomic E-state index is -0.785. The van der Waals surface area contributed by atoms with E-state index in [0.717, 1.165) is 16.7 Å². The topological polar surface area (TPSA) is 40.5 Å². The average molecular weight is 569 g/mol. The summed E-state index contributed by atoms with van der Waals surface area (Å²) in [5.41, 5.74) is 9.86. The zero-order valence-electron chi connectivity index (χ0n) is 28.0. The lowest BCUT2D eigenvalue weighted by Crippen LogP contribution is -2.38. The van der Waals surface area contributed by atoms with Crippen LogP contribution in [0.2, 0.25) is 0 Å². The van der Waals surface area contributed by atoms with Gasteiger partial charge in [-0.25, -0.2) is 0 Å². The standard InChI is InChI=1S/C40H56O2/c1-29(18-13-20-31(3)23-25-35-33(5)22-15-27-39(35,7)8)16-11-12-17-30(2)19-14-21-32(4)24-26-36-34(6)38(42)37(41)28-40(36,9)10/h11-14,16-21,23-26,37-38,41-42H,15,22,27-28H2,1-10H3. The quantitative estimate of drug-likeness (QED) is 0.257. The molecule has 2 rings (SSSR count). The molecule has 0 amide bonds. The number of hydrogen-bond acceptors (Lipinski definition) is 2. The van der Waals surface area contributed by atoms with Gasteiger partial charge in [0.1, 0.15) is 6.10 Å². The van der Waals surface area contributed by atoms with Crippen molar-refractivity contribution in [2.24, 2.45) is 10.8 Å². The average Bonchev–Trinajstić information content (AvgIpc) is 2.88. The Morgan fingerprint density at radius 1 is 0.643 bits per heavy atom. The van der Waals surface area contributed by atoms with E-state index in [1.807, 2.05) is 6.92 Å². The fourth-order valence-corrected chi connectivity index (χ4v) is 5.86. The van der Waals surface area contributed by atoms with Gasteiger partial charge < -0.3 is 10.2 Å². The van der Waals surface area contributed by atoms with Gasteiger partial charge in [0.05, 0.1) is 6.10 Å². The van der Waals surface area contributed by atoms with Crippen LogP contribution in [0, 0.1) is 10.8 Å². The fourth-order valence-electron chi connectivity index (χ4n) is 5.86. The molecule has 0 spiro atoms. The zero-order chi connectivity index (χ0) is 31.5. The van der Waals surface area contributed by atoms with Gasteiger partial charge in [-0.3, -0.25) is 0 Å². The van der Waals surface area contributed by atoms with Crippen LogP contribution in [0.1, 0.15) is 94.9 Å². The van der Waals surface area contributed by atoms with E-state index in [-0.39, 0.29) is 10.8 Å². The molecular weight excluding hydrogens is 512 g/mol. The molecule has 0 aromatic rings. The molecule has 2 N–H and O–H groups in total. The Labute approximate surface area is 257 Å². The van der Waals surface area contributed by atoms with Crippen LogP contribution in [-0.2, 0) is 0 Å². The summed E-state index contributed by atoms with van der Waals surface area (Å²) in [6.07, 6.45) is 32.7. The molecule has 42 heavy (non-hydrogen) atoms. The minimum absolute atomic E-state index is 0.167. The molecule has 2 nitrogen and oxygen atoms in total. The monoisotopic (exact) mass is 568 g/mol. The van der Waals surface area contributed by atoms with Gasteiger partial charge in [0, 0.05) is 0 Å². The smallest absolute Gasteiger partial charge is 0.101 e. The first kappa shape index (κ1) is 35.3. The van der Waals surface area contributed by atoms with Crippen molar-refractivity contribution < 1.29 is 10.2 Å². The number of rotatable bonds is 10. The van der Waals surface area contributed by atoms with E-state index in [1.165, 1.54) is 47.1 Å². The predicted molar refractivity (Wildman–Crippen MR) is 184 cm³/mol. The van der Waals surface area contributed by atoms with Crippen molar-refractivity contribution in [3.63, 3.8) is 0 Å². The summed E-state index contributed by atoms with van der Waals surface area (Å²) in [7, 11) is 0. The van der Waals surface area contributed by atoms with Crippen LogP contribution in [0.15, 0.2) is 130 Å². The first-order valence-electron chi connectivity index (χ1n) is 15.5. The van der Waals surface area contributed by atoms with Gasteiger partial charge in [0.25, 0.3) is 0 Å². The second-order valence-corrected chi connectivity index (χ2v) is 13.5. The largest absolute Gasteiger partial charge is 0.390 e. The second kappa shape index (κ2) is 16.1. The first-order chi connectivity index (χ1) is 19.6. The molecule has 2 aliphatic carbocycles. The van der Waals surface area contributed by atoms with Crippen LogP contribution in [0.4, 0.5) is 0 Å².